The van der Waals surface area contributed by atoms with E-state index in [1.807, 2.05) is 53.5 Å². The van der Waals surface area contributed by atoms with Crippen molar-refractivity contribution in [2.24, 2.45) is 5.10 Å². The average Bonchev–Trinajstić information content (AvgIpc) is 2.90. The van der Waals surface area contributed by atoms with Crippen LogP contribution in [0.4, 0.5) is 11.5 Å². The van der Waals surface area contributed by atoms with Gasteiger partial charge in [-0.2, -0.15) is 10.7 Å². The SMILES string of the molecule is C1=NNN(c2ccccn2)N1c1ccccc1. The highest BCUT2D eigenvalue weighted by Gasteiger charge is 2.19. The van der Waals surface area contributed by atoms with Crippen LogP contribution in [0.5, 0.6) is 0 Å². The first-order valence-electron chi connectivity index (χ1n) is 5.29. The molecule has 1 aromatic carbocycles. The predicted octanol–water partition coefficient (Wildman–Crippen LogP) is 1.77. The quantitative estimate of drug-likeness (QED) is 0.846. The highest BCUT2D eigenvalue weighted by atomic mass is 15.9. The smallest absolute Gasteiger partial charge is 0.172 e. The molecule has 0 amide bonds. The monoisotopic (exact) mass is 225 g/mol. The first-order valence-corrected chi connectivity index (χ1v) is 5.29. The summed E-state index contributed by atoms with van der Waals surface area (Å²) in [5.41, 5.74) is 3.91. The molecule has 1 aromatic heterocycles. The van der Waals surface area contributed by atoms with Crippen LogP contribution in [0.3, 0.4) is 0 Å². The largest absolute Gasteiger partial charge is 0.236 e. The Morgan fingerprint density at radius 1 is 0.941 bits per heavy atom. The Balaban J connectivity index is 1.93. The topological polar surface area (TPSA) is 43.8 Å². The standard InChI is InChI=1S/C12H11N5/c1-2-6-11(7-3-1)16-10-14-15-17(16)12-8-4-5-9-13-12/h1-10,15H. The number of aromatic nitrogens is 1. The molecule has 0 saturated carbocycles. The number of nitrogens with zero attached hydrogens (tertiary/aromatic N) is 4. The van der Waals surface area contributed by atoms with Gasteiger partial charge in [0.2, 0.25) is 0 Å². The Morgan fingerprint density at radius 2 is 1.76 bits per heavy atom. The summed E-state index contributed by atoms with van der Waals surface area (Å²) in [6, 6.07) is 15.7. The van der Waals surface area contributed by atoms with Crippen molar-refractivity contribution in [3.8, 4) is 0 Å². The molecule has 1 aliphatic heterocycles. The van der Waals surface area contributed by atoms with Gasteiger partial charge in [-0.25, -0.2) is 9.99 Å². The van der Waals surface area contributed by atoms with Crippen LogP contribution in [0.1, 0.15) is 0 Å². The number of hydrazone groups is 1. The predicted molar refractivity (Wildman–Crippen MR) is 67.3 cm³/mol. The Bertz CT molecular complexity index is 511. The van der Waals surface area contributed by atoms with Crippen LogP contribution in [0, 0.1) is 0 Å². The number of nitrogens with one attached hydrogen (secondary N) is 1. The second kappa shape index (κ2) is 4.13. The Kier molecular flexibility index (Phi) is 2.34. The van der Waals surface area contributed by atoms with Crippen molar-refractivity contribution >= 4 is 17.8 Å². The maximum atomic E-state index is 4.28. The summed E-state index contributed by atoms with van der Waals surface area (Å²) < 4.78 is 0. The van der Waals surface area contributed by atoms with E-state index in [9.17, 15) is 0 Å². The van der Waals surface area contributed by atoms with Crippen LogP contribution < -0.4 is 15.7 Å². The lowest BCUT2D eigenvalue weighted by molar-refractivity contribution is 0.711. The van der Waals surface area contributed by atoms with Gasteiger partial charge in [0.15, 0.2) is 5.82 Å². The average molecular weight is 225 g/mol. The molecule has 0 aliphatic carbocycles. The minimum Gasteiger partial charge on any atom is -0.236 e. The fraction of sp³-hybridized carbons (Fsp3) is 0. The molecule has 2 heterocycles. The molecule has 1 N–H and O–H groups in total. The van der Waals surface area contributed by atoms with Crippen molar-refractivity contribution in [3.63, 3.8) is 0 Å². The highest BCUT2D eigenvalue weighted by Crippen LogP contribution is 2.19. The summed E-state index contributed by atoms with van der Waals surface area (Å²) in [5.74, 6) is 0.786. The van der Waals surface area contributed by atoms with Gasteiger partial charge < -0.3 is 0 Å². The number of benzene rings is 1. The van der Waals surface area contributed by atoms with Crippen LogP contribution in [0.15, 0.2) is 59.8 Å². The molecule has 3 rings (SSSR count). The zero-order valence-electron chi connectivity index (χ0n) is 9.06. The third-order valence-corrected chi connectivity index (χ3v) is 2.42. The Labute approximate surface area is 98.9 Å². The zero-order chi connectivity index (χ0) is 11.5. The molecule has 0 radical (unpaired) electrons. The number of anilines is 2. The number of rotatable bonds is 2. The summed E-state index contributed by atoms with van der Waals surface area (Å²) in [6.07, 6.45) is 3.46. The number of hydrazine groups is 2. The van der Waals surface area contributed by atoms with Crippen molar-refractivity contribution in [2.75, 3.05) is 10.1 Å². The van der Waals surface area contributed by atoms with Crippen molar-refractivity contribution < 1.29 is 0 Å². The lowest BCUT2D eigenvalue weighted by Gasteiger charge is -2.26. The van der Waals surface area contributed by atoms with E-state index >= 15 is 0 Å². The van der Waals surface area contributed by atoms with Gasteiger partial charge in [-0.1, -0.05) is 24.3 Å². The second-order valence-corrected chi connectivity index (χ2v) is 3.52. The molecule has 2 aromatic rings. The summed E-state index contributed by atoms with van der Waals surface area (Å²) in [7, 11) is 0. The summed E-state index contributed by atoms with van der Waals surface area (Å²) in [6.45, 7) is 0. The molecule has 0 fully saturated rings. The van der Waals surface area contributed by atoms with Gasteiger partial charge in [0.1, 0.15) is 6.34 Å². The molecule has 0 unspecified atom stereocenters. The van der Waals surface area contributed by atoms with Crippen molar-refractivity contribution in [1.82, 2.24) is 10.5 Å². The third-order valence-electron chi connectivity index (χ3n) is 2.42. The summed E-state index contributed by atoms with van der Waals surface area (Å²) in [5, 5.41) is 7.70. The zero-order valence-corrected chi connectivity index (χ0v) is 9.06. The first-order chi connectivity index (χ1) is 8.45. The van der Waals surface area contributed by atoms with E-state index in [-0.39, 0.29) is 0 Å². The van der Waals surface area contributed by atoms with Gasteiger partial charge >= 0.3 is 0 Å². The second-order valence-electron chi connectivity index (χ2n) is 3.52. The third kappa shape index (κ3) is 1.78. The molecular formula is C12H11N5. The van der Waals surface area contributed by atoms with Gasteiger partial charge in [-0.15, -0.1) is 5.10 Å². The minimum absolute atomic E-state index is 0.786. The fourth-order valence-electron chi connectivity index (χ4n) is 1.64. The molecule has 5 heteroatoms. The lowest BCUT2D eigenvalue weighted by Crippen LogP contribution is -2.43. The van der Waals surface area contributed by atoms with Gasteiger partial charge in [-0.3, -0.25) is 0 Å². The molecule has 0 bridgehead atoms. The Morgan fingerprint density at radius 3 is 2.53 bits per heavy atom. The minimum atomic E-state index is 0.786. The van der Waals surface area contributed by atoms with E-state index in [4.69, 9.17) is 0 Å². The number of pyridine rings is 1. The highest BCUT2D eigenvalue weighted by molar-refractivity contribution is 5.84. The molecule has 17 heavy (non-hydrogen) atoms. The van der Waals surface area contributed by atoms with E-state index in [1.54, 1.807) is 17.7 Å². The van der Waals surface area contributed by atoms with E-state index in [0.717, 1.165) is 11.5 Å². The summed E-state index contributed by atoms with van der Waals surface area (Å²) in [4.78, 5) is 4.28. The van der Waals surface area contributed by atoms with E-state index in [0.29, 0.717) is 0 Å². The lowest BCUT2D eigenvalue weighted by atomic mass is 10.3. The van der Waals surface area contributed by atoms with Gasteiger partial charge in [0.05, 0.1) is 5.69 Å². The van der Waals surface area contributed by atoms with E-state index in [2.05, 4.69) is 15.6 Å². The maximum Gasteiger partial charge on any atom is 0.172 e. The van der Waals surface area contributed by atoms with Crippen molar-refractivity contribution in [3.05, 3.63) is 54.7 Å². The van der Waals surface area contributed by atoms with Crippen LogP contribution in [-0.2, 0) is 0 Å². The van der Waals surface area contributed by atoms with Crippen LogP contribution >= 0.6 is 0 Å². The first kappa shape index (κ1) is 9.65. The number of hydrogen-bond donors (Lipinski definition) is 1. The Hall–Kier alpha value is -2.56. The van der Waals surface area contributed by atoms with Gasteiger partial charge in [0.25, 0.3) is 0 Å². The molecule has 1 aliphatic rings. The molecule has 0 spiro atoms. The van der Waals surface area contributed by atoms with Crippen LogP contribution in [0.2, 0.25) is 0 Å². The maximum absolute atomic E-state index is 4.28. The number of hydrogen-bond acceptors (Lipinski definition) is 5. The number of para-hydroxylation sites is 1. The van der Waals surface area contributed by atoms with Crippen molar-refractivity contribution in [2.45, 2.75) is 0 Å². The van der Waals surface area contributed by atoms with Crippen LogP contribution in [0.25, 0.3) is 0 Å². The fourth-order valence-corrected chi connectivity index (χ4v) is 1.64. The molecule has 0 atom stereocenters. The van der Waals surface area contributed by atoms with Crippen LogP contribution in [-0.4, -0.2) is 11.3 Å². The van der Waals surface area contributed by atoms with Gasteiger partial charge in [-0.05, 0) is 24.3 Å². The molecule has 5 nitrogen and oxygen atoms in total. The van der Waals surface area contributed by atoms with Crippen molar-refractivity contribution in [1.29, 1.82) is 0 Å². The van der Waals surface area contributed by atoms with Gasteiger partial charge in [0, 0.05) is 6.20 Å². The normalized spacial score (nSPS) is 13.9. The molecular weight excluding hydrogens is 214 g/mol. The van der Waals surface area contributed by atoms with E-state index in [1.165, 1.54) is 0 Å². The molecule has 84 valence electrons. The molecule has 0 saturated heterocycles. The summed E-state index contributed by atoms with van der Waals surface area (Å²) >= 11 is 0. The van der Waals surface area contributed by atoms with E-state index < -0.39 is 0 Å².